The molecule has 1 saturated carbocycles. The lowest BCUT2D eigenvalue weighted by Gasteiger charge is -2.33. The summed E-state index contributed by atoms with van der Waals surface area (Å²) in [7, 11) is 2.17. The summed E-state index contributed by atoms with van der Waals surface area (Å²) >= 11 is 0. The third-order valence-corrected chi connectivity index (χ3v) is 6.53. The first-order chi connectivity index (χ1) is 16.0. The fourth-order valence-corrected chi connectivity index (χ4v) is 4.50. The van der Waals surface area contributed by atoms with Crippen molar-refractivity contribution in [3.63, 3.8) is 0 Å². The zero-order valence-electron chi connectivity index (χ0n) is 19.2. The fourth-order valence-electron chi connectivity index (χ4n) is 4.50. The normalized spacial score (nSPS) is 15.2. The van der Waals surface area contributed by atoms with Gasteiger partial charge in [0, 0.05) is 31.7 Å². The molecule has 174 valence electrons. The van der Waals surface area contributed by atoms with E-state index in [0.29, 0.717) is 24.8 Å². The molecule has 1 heterocycles. The molecular formula is C25H31FN6O. The second-order valence-electron chi connectivity index (χ2n) is 8.80. The lowest BCUT2D eigenvalue weighted by molar-refractivity contribution is -0.124. The zero-order valence-corrected chi connectivity index (χ0v) is 19.2. The lowest BCUT2D eigenvalue weighted by atomic mass is 9.94. The van der Waals surface area contributed by atoms with Crippen molar-refractivity contribution in [2.24, 2.45) is 0 Å². The van der Waals surface area contributed by atoms with Crippen molar-refractivity contribution in [3.05, 3.63) is 71.3 Å². The topological polar surface area (TPSA) is 75.9 Å². The number of anilines is 1. The number of nitrogens with zero attached hydrogens (tertiary/aromatic N) is 5. The molecule has 0 saturated heterocycles. The van der Waals surface area contributed by atoms with Crippen LogP contribution < -0.4 is 10.2 Å². The van der Waals surface area contributed by atoms with Crippen LogP contribution in [0, 0.1) is 12.7 Å². The van der Waals surface area contributed by atoms with E-state index in [0.717, 1.165) is 11.1 Å². The van der Waals surface area contributed by atoms with Crippen molar-refractivity contribution in [1.29, 1.82) is 0 Å². The largest absolute Gasteiger partial charge is 0.372 e. The van der Waals surface area contributed by atoms with Gasteiger partial charge in [-0.25, -0.2) is 9.07 Å². The van der Waals surface area contributed by atoms with Gasteiger partial charge in [0.15, 0.2) is 0 Å². The summed E-state index contributed by atoms with van der Waals surface area (Å²) in [6.07, 6.45) is 6.82. The van der Waals surface area contributed by atoms with Crippen LogP contribution in [-0.2, 0) is 17.8 Å². The van der Waals surface area contributed by atoms with Crippen molar-refractivity contribution < 1.29 is 9.18 Å². The molecule has 1 atom stereocenters. The second kappa shape index (κ2) is 10.6. The summed E-state index contributed by atoms with van der Waals surface area (Å²) in [6, 6.07) is 14.5. The standard InChI is InChI=1S/C25H31FN6O/c1-18-28-29-30-32(18)24(16-19-8-12-21(26)13-9-19)25(33)27-17-20-10-14-23(15-11-20)31(2)22-6-4-3-5-7-22/h8-15,22,24H,3-7,16-17H2,1-2H3,(H,27,33). The third kappa shape index (κ3) is 5.74. The molecule has 8 heteroatoms. The number of tetrazole rings is 1. The van der Waals surface area contributed by atoms with Crippen molar-refractivity contribution >= 4 is 11.6 Å². The maximum atomic E-state index is 13.3. The average Bonchev–Trinajstić information content (AvgIpc) is 3.28. The predicted molar refractivity (Wildman–Crippen MR) is 125 cm³/mol. The van der Waals surface area contributed by atoms with E-state index in [1.54, 1.807) is 19.1 Å². The Morgan fingerprint density at radius 2 is 1.76 bits per heavy atom. The fraction of sp³-hybridized carbons (Fsp3) is 0.440. The van der Waals surface area contributed by atoms with Crippen LogP contribution in [0.25, 0.3) is 0 Å². The number of benzene rings is 2. The lowest BCUT2D eigenvalue weighted by Crippen LogP contribution is -2.35. The van der Waals surface area contributed by atoms with Gasteiger partial charge in [-0.1, -0.05) is 43.5 Å². The Balaban J connectivity index is 1.40. The molecule has 3 aromatic rings. The zero-order chi connectivity index (χ0) is 23.2. The molecule has 33 heavy (non-hydrogen) atoms. The Bertz CT molecular complexity index is 1040. The summed E-state index contributed by atoms with van der Waals surface area (Å²) in [4.78, 5) is 15.5. The summed E-state index contributed by atoms with van der Waals surface area (Å²) in [6.45, 7) is 2.17. The van der Waals surface area contributed by atoms with E-state index in [1.807, 2.05) is 0 Å². The van der Waals surface area contributed by atoms with E-state index in [-0.39, 0.29) is 11.7 Å². The number of carbonyl (C=O) groups excluding carboxylic acids is 1. The number of carbonyl (C=O) groups is 1. The third-order valence-electron chi connectivity index (χ3n) is 6.53. The highest BCUT2D eigenvalue weighted by Gasteiger charge is 2.24. The van der Waals surface area contributed by atoms with Gasteiger partial charge in [-0.2, -0.15) is 0 Å². The Morgan fingerprint density at radius 1 is 1.09 bits per heavy atom. The maximum absolute atomic E-state index is 13.3. The van der Waals surface area contributed by atoms with Gasteiger partial charge in [0.25, 0.3) is 0 Å². The molecule has 0 spiro atoms. The minimum absolute atomic E-state index is 0.182. The van der Waals surface area contributed by atoms with Crippen molar-refractivity contribution in [2.45, 2.75) is 64.1 Å². The van der Waals surface area contributed by atoms with E-state index in [4.69, 9.17) is 0 Å². The maximum Gasteiger partial charge on any atom is 0.245 e. The molecule has 2 aromatic carbocycles. The van der Waals surface area contributed by atoms with Gasteiger partial charge in [-0.05, 0) is 65.6 Å². The van der Waals surface area contributed by atoms with E-state index in [1.165, 1.54) is 54.6 Å². The van der Waals surface area contributed by atoms with Gasteiger partial charge < -0.3 is 10.2 Å². The number of nitrogens with one attached hydrogen (secondary N) is 1. The number of hydrogen-bond acceptors (Lipinski definition) is 5. The average molecular weight is 451 g/mol. The highest BCUT2D eigenvalue weighted by molar-refractivity contribution is 5.80. The van der Waals surface area contributed by atoms with Crippen molar-refractivity contribution in [2.75, 3.05) is 11.9 Å². The molecular weight excluding hydrogens is 419 g/mol. The molecule has 0 aliphatic heterocycles. The number of aryl methyl sites for hydroxylation is 1. The van der Waals surface area contributed by atoms with Crippen LogP contribution in [0.4, 0.5) is 10.1 Å². The minimum atomic E-state index is -0.623. The summed E-state index contributed by atoms with van der Waals surface area (Å²) in [5.74, 6) is 0.0569. The van der Waals surface area contributed by atoms with Crippen LogP contribution in [-0.4, -0.2) is 39.2 Å². The molecule has 1 N–H and O–H groups in total. The Hall–Kier alpha value is -3.29. The number of rotatable bonds is 8. The summed E-state index contributed by atoms with van der Waals surface area (Å²) in [5, 5.41) is 14.6. The van der Waals surface area contributed by atoms with Crippen molar-refractivity contribution in [1.82, 2.24) is 25.5 Å². The van der Waals surface area contributed by atoms with Gasteiger partial charge >= 0.3 is 0 Å². The first-order valence-electron chi connectivity index (χ1n) is 11.6. The molecule has 0 radical (unpaired) electrons. The molecule has 1 fully saturated rings. The predicted octanol–water partition coefficient (Wildman–Crippen LogP) is 3.99. The quantitative estimate of drug-likeness (QED) is 0.562. The molecule has 0 bridgehead atoms. The highest BCUT2D eigenvalue weighted by atomic mass is 19.1. The molecule has 1 unspecified atom stereocenters. The number of halogens is 1. The monoisotopic (exact) mass is 450 g/mol. The first-order valence-corrected chi connectivity index (χ1v) is 11.6. The minimum Gasteiger partial charge on any atom is -0.372 e. The van der Waals surface area contributed by atoms with Crippen LogP contribution in [0.15, 0.2) is 48.5 Å². The Labute approximate surface area is 194 Å². The van der Waals surface area contributed by atoms with E-state index in [9.17, 15) is 9.18 Å². The van der Waals surface area contributed by atoms with Gasteiger partial charge in [0.1, 0.15) is 17.7 Å². The highest BCUT2D eigenvalue weighted by Crippen LogP contribution is 2.26. The molecule has 7 nitrogen and oxygen atoms in total. The van der Waals surface area contributed by atoms with Crippen LogP contribution in [0.2, 0.25) is 0 Å². The SMILES string of the molecule is Cc1nnnn1C(Cc1ccc(F)cc1)C(=O)NCc1ccc(N(C)C2CCCCC2)cc1. The first kappa shape index (κ1) is 22.9. The number of amides is 1. The van der Waals surface area contributed by atoms with Gasteiger partial charge in [-0.15, -0.1) is 5.10 Å². The molecule has 1 amide bonds. The molecule has 4 rings (SSSR count). The summed E-state index contributed by atoms with van der Waals surface area (Å²) in [5.41, 5.74) is 3.06. The van der Waals surface area contributed by atoms with Crippen LogP contribution >= 0.6 is 0 Å². The van der Waals surface area contributed by atoms with Crippen LogP contribution in [0.5, 0.6) is 0 Å². The Kier molecular flexibility index (Phi) is 7.32. The van der Waals surface area contributed by atoms with Crippen LogP contribution in [0.3, 0.4) is 0 Å². The number of aromatic nitrogens is 4. The second-order valence-corrected chi connectivity index (χ2v) is 8.80. The van der Waals surface area contributed by atoms with Gasteiger partial charge in [-0.3, -0.25) is 4.79 Å². The van der Waals surface area contributed by atoms with Gasteiger partial charge in [0.2, 0.25) is 5.91 Å². The Morgan fingerprint density at radius 3 is 2.39 bits per heavy atom. The molecule has 1 aromatic heterocycles. The smallest absolute Gasteiger partial charge is 0.245 e. The molecule has 1 aliphatic carbocycles. The van der Waals surface area contributed by atoms with E-state index in [2.05, 4.69) is 57.1 Å². The molecule has 1 aliphatic rings. The van der Waals surface area contributed by atoms with E-state index < -0.39 is 6.04 Å². The van der Waals surface area contributed by atoms with Crippen LogP contribution in [0.1, 0.15) is 55.1 Å². The number of hydrogen-bond donors (Lipinski definition) is 1. The summed E-state index contributed by atoms with van der Waals surface area (Å²) < 4.78 is 14.8. The van der Waals surface area contributed by atoms with E-state index >= 15 is 0 Å². The van der Waals surface area contributed by atoms with Gasteiger partial charge in [0.05, 0.1) is 0 Å². The van der Waals surface area contributed by atoms with Crippen molar-refractivity contribution in [3.8, 4) is 0 Å².